The van der Waals surface area contributed by atoms with Gasteiger partial charge in [0.1, 0.15) is 5.58 Å². The van der Waals surface area contributed by atoms with Crippen LogP contribution in [0.3, 0.4) is 0 Å². The molecule has 2 aromatic rings. The third kappa shape index (κ3) is 2.41. The van der Waals surface area contributed by atoms with E-state index in [2.05, 4.69) is 25.1 Å². The number of fused-ring (bicyclic) bond motifs is 1. The van der Waals surface area contributed by atoms with Crippen LogP contribution >= 0.6 is 0 Å². The lowest BCUT2D eigenvalue weighted by Crippen LogP contribution is -1.86. The van der Waals surface area contributed by atoms with Crippen LogP contribution < -0.4 is 0 Å². The number of hydrogen-bond donors (Lipinski definition) is 0. The van der Waals surface area contributed by atoms with Gasteiger partial charge in [-0.15, -0.1) is 0 Å². The second-order valence-corrected chi connectivity index (χ2v) is 3.91. The molecular weight excluding hydrogens is 184 g/mol. The molecule has 1 heterocycles. The van der Waals surface area contributed by atoms with Gasteiger partial charge in [-0.25, -0.2) is 0 Å². The lowest BCUT2D eigenvalue weighted by atomic mass is 10.0. The van der Waals surface area contributed by atoms with Gasteiger partial charge in [-0.05, 0) is 30.5 Å². The molecule has 0 spiro atoms. The molecule has 2 rings (SSSR count). The van der Waals surface area contributed by atoms with Gasteiger partial charge in [-0.3, -0.25) is 0 Å². The molecule has 0 N–H and O–H groups in total. The Morgan fingerprint density at radius 3 is 2.87 bits per heavy atom. The van der Waals surface area contributed by atoms with Crippen molar-refractivity contribution in [1.82, 2.24) is 0 Å². The first-order chi connectivity index (χ1) is 7.42. The standard InChI is InChI=1S/C14H17O/c1-2-3-4-5-7-12-8-6-9-14-13(12)10-11-15-14/h6,8-11H,1-5,7H2. The van der Waals surface area contributed by atoms with Crippen molar-refractivity contribution in [3.63, 3.8) is 0 Å². The fourth-order valence-corrected chi connectivity index (χ4v) is 1.94. The summed E-state index contributed by atoms with van der Waals surface area (Å²) in [6, 6.07) is 8.35. The Hall–Kier alpha value is -1.24. The maximum atomic E-state index is 5.38. The summed E-state index contributed by atoms with van der Waals surface area (Å²) in [5, 5.41) is 1.27. The molecule has 79 valence electrons. The molecule has 0 aliphatic rings. The van der Waals surface area contributed by atoms with Crippen molar-refractivity contribution in [2.45, 2.75) is 32.1 Å². The van der Waals surface area contributed by atoms with Crippen LogP contribution in [0.15, 0.2) is 34.9 Å². The van der Waals surface area contributed by atoms with Crippen molar-refractivity contribution < 1.29 is 4.42 Å². The Balaban J connectivity index is 2.04. The van der Waals surface area contributed by atoms with Crippen molar-refractivity contribution in [2.24, 2.45) is 0 Å². The molecule has 0 fully saturated rings. The highest BCUT2D eigenvalue weighted by Gasteiger charge is 2.02. The largest absolute Gasteiger partial charge is 0.464 e. The molecule has 0 saturated carbocycles. The zero-order chi connectivity index (χ0) is 10.5. The maximum absolute atomic E-state index is 5.38. The highest BCUT2D eigenvalue weighted by Crippen LogP contribution is 2.21. The third-order valence-corrected chi connectivity index (χ3v) is 2.78. The van der Waals surface area contributed by atoms with E-state index < -0.39 is 0 Å². The van der Waals surface area contributed by atoms with Gasteiger partial charge in [0, 0.05) is 5.39 Å². The molecule has 0 amide bonds. The number of aryl methyl sites for hydroxylation is 1. The van der Waals surface area contributed by atoms with Gasteiger partial charge in [0.05, 0.1) is 6.26 Å². The van der Waals surface area contributed by atoms with Gasteiger partial charge in [0.15, 0.2) is 0 Å². The molecule has 0 unspecified atom stereocenters. The van der Waals surface area contributed by atoms with E-state index in [1.165, 1.54) is 30.2 Å². The van der Waals surface area contributed by atoms with Crippen LogP contribution in [-0.4, -0.2) is 0 Å². The lowest BCUT2D eigenvalue weighted by Gasteiger charge is -2.02. The van der Waals surface area contributed by atoms with Gasteiger partial charge in [-0.2, -0.15) is 0 Å². The number of benzene rings is 1. The van der Waals surface area contributed by atoms with Crippen LogP contribution in [0, 0.1) is 6.92 Å². The van der Waals surface area contributed by atoms with Crippen LogP contribution in [0.2, 0.25) is 0 Å². The second kappa shape index (κ2) is 5.01. The smallest absolute Gasteiger partial charge is 0.134 e. The van der Waals surface area contributed by atoms with Crippen LogP contribution in [-0.2, 0) is 6.42 Å². The molecule has 0 bridgehead atoms. The van der Waals surface area contributed by atoms with Crippen molar-refractivity contribution in [3.05, 3.63) is 43.0 Å². The summed E-state index contributed by atoms with van der Waals surface area (Å²) in [6.07, 6.45) is 7.73. The normalized spacial score (nSPS) is 11.0. The Bertz CT molecular complexity index is 414. The summed E-state index contributed by atoms with van der Waals surface area (Å²) in [5.74, 6) is 0. The maximum Gasteiger partial charge on any atom is 0.134 e. The van der Waals surface area contributed by atoms with Crippen LogP contribution in [0.25, 0.3) is 11.0 Å². The first-order valence-corrected chi connectivity index (χ1v) is 5.66. The summed E-state index contributed by atoms with van der Waals surface area (Å²) in [4.78, 5) is 0. The minimum atomic E-state index is 1.00. The van der Waals surface area contributed by atoms with Crippen LogP contribution in [0.1, 0.15) is 31.2 Å². The molecule has 15 heavy (non-hydrogen) atoms. The van der Waals surface area contributed by atoms with E-state index in [0.717, 1.165) is 18.4 Å². The monoisotopic (exact) mass is 201 g/mol. The summed E-state index contributed by atoms with van der Waals surface area (Å²) in [6.45, 7) is 3.86. The molecule has 0 atom stereocenters. The predicted octanol–water partition coefficient (Wildman–Crippen LogP) is 4.37. The van der Waals surface area contributed by atoms with E-state index >= 15 is 0 Å². The van der Waals surface area contributed by atoms with Crippen LogP contribution in [0.5, 0.6) is 0 Å². The lowest BCUT2D eigenvalue weighted by molar-refractivity contribution is 0.615. The average molecular weight is 201 g/mol. The van der Waals surface area contributed by atoms with E-state index in [1.54, 1.807) is 6.26 Å². The Morgan fingerprint density at radius 1 is 1.07 bits per heavy atom. The van der Waals surface area contributed by atoms with Gasteiger partial charge >= 0.3 is 0 Å². The molecule has 1 aromatic carbocycles. The molecule has 1 aromatic heterocycles. The number of hydrogen-bond acceptors (Lipinski definition) is 1. The zero-order valence-electron chi connectivity index (χ0n) is 9.04. The molecule has 0 saturated heterocycles. The Labute approximate surface area is 91.1 Å². The van der Waals surface area contributed by atoms with Gasteiger partial charge < -0.3 is 4.42 Å². The van der Waals surface area contributed by atoms with E-state index in [0.29, 0.717) is 0 Å². The fourth-order valence-electron chi connectivity index (χ4n) is 1.94. The highest BCUT2D eigenvalue weighted by atomic mass is 16.3. The number of unbranched alkanes of at least 4 members (excludes halogenated alkanes) is 3. The number of rotatable bonds is 5. The second-order valence-electron chi connectivity index (χ2n) is 3.91. The van der Waals surface area contributed by atoms with E-state index in [9.17, 15) is 0 Å². The molecule has 1 heteroatoms. The molecule has 1 radical (unpaired) electrons. The summed E-state index contributed by atoms with van der Waals surface area (Å²) < 4.78 is 5.38. The first-order valence-electron chi connectivity index (χ1n) is 5.66. The van der Waals surface area contributed by atoms with Crippen molar-refractivity contribution >= 4 is 11.0 Å². The minimum absolute atomic E-state index is 1.00. The molecule has 0 aliphatic carbocycles. The van der Waals surface area contributed by atoms with Gasteiger partial charge in [0.2, 0.25) is 0 Å². The minimum Gasteiger partial charge on any atom is -0.464 e. The van der Waals surface area contributed by atoms with Crippen molar-refractivity contribution in [3.8, 4) is 0 Å². The SMILES string of the molecule is [CH2]CCCCCc1cccc2occc12. The van der Waals surface area contributed by atoms with Crippen molar-refractivity contribution in [2.75, 3.05) is 0 Å². The summed E-state index contributed by atoms with van der Waals surface area (Å²) >= 11 is 0. The molecular formula is C14H17O. The van der Waals surface area contributed by atoms with Gasteiger partial charge in [0.25, 0.3) is 0 Å². The van der Waals surface area contributed by atoms with Crippen LogP contribution in [0.4, 0.5) is 0 Å². The Morgan fingerprint density at radius 2 is 2.00 bits per heavy atom. The first kappa shape index (κ1) is 10.3. The van der Waals surface area contributed by atoms with Crippen molar-refractivity contribution in [1.29, 1.82) is 0 Å². The summed E-state index contributed by atoms with van der Waals surface area (Å²) in [5.41, 5.74) is 2.41. The fraction of sp³-hybridized carbons (Fsp3) is 0.357. The highest BCUT2D eigenvalue weighted by molar-refractivity contribution is 5.80. The quantitative estimate of drug-likeness (QED) is 0.655. The topological polar surface area (TPSA) is 13.1 Å². The third-order valence-electron chi connectivity index (χ3n) is 2.78. The zero-order valence-corrected chi connectivity index (χ0v) is 9.04. The summed E-state index contributed by atoms with van der Waals surface area (Å²) in [7, 11) is 0. The van der Waals surface area contributed by atoms with E-state index in [-0.39, 0.29) is 0 Å². The molecule has 1 nitrogen and oxygen atoms in total. The number of furan rings is 1. The Kier molecular flexibility index (Phi) is 3.44. The van der Waals surface area contributed by atoms with E-state index in [4.69, 9.17) is 4.42 Å². The molecule has 0 aliphatic heterocycles. The average Bonchev–Trinajstić information content (AvgIpc) is 2.73. The van der Waals surface area contributed by atoms with E-state index in [1.807, 2.05) is 6.07 Å². The van der Waals surface area contributed by atoms with Gasteiger partial charge in [-0.1, -0.05) is 38.3 Å². The predicted molar refractivity (Wildman–Crippen MR) is 63.7 cm³/mol.